The van der Waals surface area contributed by atoms with Crippen molar-refractivity contribution in [3.8, 4) is 5.75 Å². The standard InChI is InChI=1S/C16H19N3O2/c1-3-18-10-8-17-15(16(18)20)19-9-7-13-12(11-19)5-4-6-14(13)21-2/h4-6,8,10H,3,7,9,11H2,1-2H3. The number of aromatic nitrogens is 2. The Bertz CT molecular complexity index is 709. The molecule has 0 bridgehead atoms. The predicted molar refractivity (Wildman–Crippen MR) is 81.9 cm³/mol. The molecule has 1 aromatic carbocycles. The third kappa shape index (κ3) is 2.39. The van der Waals surface area contributed by atoms with E-state index >= 15 is 0 Å². The summed E-state index contributed by atoms with van der Waals surface area (Å²) in [6.45, 7) is 4.10. The van der Waals surface area contributed by atoms with Gasteiger partial charge in [0.1, 0.15) is 5.75 Å². The number of ether oxygens (including phenoxy) is 1. The zero-order valence-corrected chi connectivity index (χ0v) is 12.4. The van der Waals surface area contributed by atoms with E-state index in [9.17, 15) is 4.79 Å². The van der Waals surface area contributed by atoms with Gasteiger partial charge in [0.2, 0.25) is 0 Å². The lowest BCUT2D eigenvalue weighted by molar-refractivity contribution is 0.407. The van der Waals surface area contributed by atoms with Gasteiger partial charge in [-0.15, -0.1) is 0 Å². The molecule has 3 rings (SSSR count). The van der Waals surface area contributed by atoms with E-state index in [1.165, 1.54) is 11.1 Å². The van der Waals surface area contributed by atoms with Gasteiger partial charge in [-0.2, -0.15) is 0 Å². The molecule has 0 fully saturated rings. The van der Waals surface area contributed by atoms with Crippen molar-refractivity contribution in [2.45, 2.75) is 26.4 Å². The molecule has 0 radical (unpaired) electrons. The van der Waals surface area contributed by atoms with Gasteiger partial charge in [0.25, 0.3) is 5.56 Å². The number of hydrogen-bond acceptors (Lipinski definition) is 4. The van der Waals surface area contributed by atoms with E-state index in [0.29, 0.717) is 18.9 Å². The smallest absolute Gasteiger partial charge is 0.293 e. The van der Waals surface area contributed by atoms with Gasteiger partial charge in [0, 0.05) is 37.6 Å². The van der Waals surface area contributed by atoms with Crippen molar-refractivity contribution >= 4 is 5.82 Å². The largest absolute Gasteiger partial charge is 0.496 e. The maximum Gasteiger partial charge on any atom is 0.293 e. The van der Waals surface area contributed by atoms with E-state index in [1.54, 1.807) is 24.1 Å². The minimum Gasteiger partial charge on any atom is -0.496 e. The van der Waals surface area contributed by atoms with Gasteiger partial charge in [-0.3, -0.25) is 4.79 Å². The molecule has 1 aliphatic rings. The van der Waals surface area contributed by atoms with Gasteiger partial charge in [0.15, 0.2) is 5.82 Å². The minimum absolute atomic E-state index is 0.0219. The van der Waals surface area contributed by atoms with E-state index < -0.39 is 0 Å². The van der Waals surface area contributed by atoms with Crippen LogP contribution in [0.1, 0.15) is 18.1 Å². The molecule has 5 heteroatoms. The summed E-state index contributed by atoms with van der Waals surface area (Å²) in [7, 11) is 1.70. The molecule has 21 heavy (non-hydrogen) atoms. The first-order valence-corrected chi connectivity index (χ1v) is 7.19. The Labute approximate surface area is 123 Å². The number of nitrogens with zero attached hydrogens (tertiary/aromatic N) is 3. The molecule has 110 valence electrons. The van der Waals surface area contributed by atoms with Gasteiger partial charge in [-0.25, -0.2) is 4.98 Å². The lowest BCUT2D eigenvalue weighted by Crippen LogP contribution is -2.37. The van der Waals surface area contributed by atoms with Crippen LogP contribution in [0.5, 0.6) is 5.75 Å². The van der Waals surface area contributed by atoms with Gasteiger partial charge >= 0.3 is 0 Å². The van der Waals surface area contributed by atoms with Crippen molar-refractivity contribution in [3.05, 3.63) is 52.1 Å². The molecule has 1 aromatic heterocycles. The Kier molecular flexibility index (Phi) is 3.64. The van der Waals surface area contributed by atoms with Gasteiger partial charge in [-0.1, -0.05) is 12.1 Å². The second-order valence-electron chi connectivity index (χ2n) is 5.11. The fraction of sp³-hybridized carbons (Fsp3) is 0.375. The lowest BCUT2D eigenvalue weighted by Gasteiger charge is -2.30. The molecular formula is C16H19N3O2. The summed E-state index contributed by atoms with van der Waals surface area (Å²) in [5, 5.41) is 0. The van der Waals surface area contributed by atoms with Crippen molar-refractivity contribution in [1.29, 1.82) is 0 Å². The maximum atomic E-state index is 12.4. The summed E-state index contributed by atoms with van der Waals surface area (Å²) >= 11 is 0. The summed E-state index contributed by atoms with van der Waals surface area (Å²) in [6.07, 6.45) is 4.29. The van der Waals surface area contributed by atoms with Crippen molar-refractivity contribution in [2.24, 2.45) is 0 Å². The van der Waals surface area contributed by atoms with Crippen LogP contribution in [-0.2, 0) is 19.5 Å². The minimum atomic E-state index is -0.0219. The number of aryl methyl sites for hydroxylation is 1. The summed E-state index contributed by atoms with van der Waals surface area (Å²) in [5.74, 6) is 1.46. The fourth-order valence-corrected chi connectivity index (χ4v) is 2.85. The average molecular weight is 285 g/mol. The third-order valence-corrected chi connectivity index (χ3v) is 3.98. The third-order valence-electron chi connectivity index (χ3n) is 3.98. The zero-order valence-electron chi connectivity index (χ0n) is 12.4. The first kappa shape index (κ1) is 13.7. The van der Waals surface area contributed by atoms with Crippen LogP contribution in [0.25, 0.3) is 0 Å². The Morgan fingerprint density at radius 1 is 1.38 bits per heavy atom. The van der Waals surface area contributed by atoms with Crippen molar-refractivity contribution in [1.82, 2.24) is 9.55 Å². The van der Waals surface area contributed by atoms with Crippen LogP contribution >= 0.6 is 0 Å². The zero-order chi connectivity index (χ0) is 14.8. The molecule has 0 unspecified atom stereocenters. The number of methoxy groups -OCH3 is 1. The summed E-state index contributed by atoms with van der Waals surface area (Å²) in [6, 6.07) is 6.06. The highest BCUT2D eigenvalue weighted by Gasteiger charge is 2.22. The SMILES string of the molecule is CCn1ccnc(N2CCc3c(cccc3OC)C2)c1=O. The van der Waals surface area contributed by atoms with E-state index in [2.05, 4.69) is 16.0 Å². The normalized spacial score (nSPS) is 13.9. The summed E-state index contributed by atoms with van der Waals surface area (Å²) in [4.78, 5) is 18.7. The quantitative estimate of drug-likeness (QED) is 0.863. The molecule has 1 aliphatic heterocycles. The molecule has 0 spiro atoms. The van der Waals surface area contributed by atoms with Gasteiger partial charge in [-0.05, 0) is 25.0 Å². The van der Waals surface area contributed by atoms with E-state index in [0.717, 1.165) is 18.7 Å². The molecule has 0 saturated carbocycles. The monoisotopic (exact) mass is 285 g/mol. The number of anilines is 1. The highest BCUT2D eigenvalue weighted by Crippen LogP contribution is 2.28. The average Bonchev–Trinajstić information content (AvgIpc) is 2.54. The molecule has 5 nitrogen and oxygen atoms in total. The van der Waals surface area contributed by atoms with Crippen LogP contribution in [0.4, 0.5) is 5.82 Å². The summed E-state index contributed by atoms with van der Waals surface area (Å²) < 4.78 is 7.10. The van der Waals surface area contributed by atoms with Crippen LogP contribution in [0, 0.1) is 0 Å². The number of rotatable bonds is 3. The first-order chi connectivity index (χ1) is 10.2. The predicted octanol–water partition coefficient (Wildman–Crippen LogP) is 1.83. The fourth-order valence-electron chi connectivity index (χ4n) is 2.85. The number of hydrogen-bond donors (Lipinski definition) is 0. The summed E-state index contributed by atoms with van der Waals surface area (Å²) in [5.41, 5.74) is 2.42. The second-order valence-corrected chi connectivity index (χ2v) is 5.11. The Morgan fingerprint density at radius 2 is 2.24 bits per heavy atom. The van der Waals surface area contributed by atoms with E-state index in [-0.39, 0.29) is 5.56 Å². The molecule has 0 aliphatic carbocycles. The van der Waals surface area contributed by atoms with Crippen LogP contribution in [0.15, 0.2) is 35.4 Å². The van der Waals surface area contributed by atoms with Crippen molar-refractivity contribution < 1.29 is 4.74 Å². The van der Waals surface area contributed by atoms with E-state index in [1.807, 2.05) is 19.1 Å². The van der Waals surface area contributed by atoms with Crippen LogP contribution in [-0.4, -0.2) is 23.2 Å². The maximum absolute atomic E-state index is 12.4. The van der Waals surface area contributed by atoms with E-state index in [4.69, 9.17) is 4.74 Å². The number of fused-ring (bicyclic) bond motifs is 1. The molecule has 0 amide bonds. The van der Waals surface area contributed by atoms with Gasteiger partial charge < -0.3 is 14.2 Å². The molecule has 0 atom stereocenters. The molecule has 2 heterocycles. The Morgan fingerprint density at radius 3 is 3.00 bits per heavy atom. The van der Waals surface area contributed by atoms with Crippen molar-refractivity contribution in [2.75, 3.05) is 18.6 Å². The van der Waals surface area contributed by atoms with Crippen LogP contribution in [0.3, 0.4) is 0 Å². The Hall–Kier alpha value is -2.30. The van der Waals surface area contributed by atoms with Crippen LogP contribution in [0.2, 0.25) is 0 Å². The first-order valence-electron chi connectivity index (χ1n) is 7.19. The molecule has 2 aromatic rings. The van der Waals surface area contributed by atoms with Crippen molar-refractivity contribution in [3.63, 3.8) is 0 Å². The Balaban J connectivity index is 1.95. The van der Waals surface area contributed by atoms with Gasteiger partial charge in [0.05, 0.1) is 7.11 Å². The molecular weight excluding hydrogens is 266 g/mol. The number of benzene rings is 1. The highest BCUT2D eigenvalue weighted by molar-refractivity contribution is 5.47. The highest BCUT2D eigenvalue weighted by atomic mass is 16.5. The molecule has 0 N–H and O–H groups in total. The molecule has 0 saturated heterocycles. The lowest BCUT2D eigenvalue weighted by atomic mass is 9.99. The topological polar surface area (TPSA) is 47.4 Å². The van der Waals surface area contributed by atoms with Crippen LogP contribution < -0.4 is 15.2 Å². The second kappa shape index (κ2) is 5.60.